The molecule has 21 heavy (non-hydrogen) atoms. The van der Waals surface area contributed by atoms with Crippen LogP contribution in [0.1, 0.15) is 15.9 Å². The molecule has 0 bridgehead atoms. The maximum absolute atomic E-state index is 11.9. The Morgan fingerprint density at radius 2 is 2.14 bits per heavy atom. The van der Waals surface area contributed by atoms with Crippen molar-refractivity contribution in [1.82, 2.24) is 25.6 Å². The summed E-state index contributed by atoms with van der Waals surface area (Å²) in [5, 5.41) is 18.7. The van der Waals surface area contributed by atoms with Gasteiger partial charge in [0.2, 0.25) is 0 Å². The first-order chi connectivity index (χ1) is 10.3. The maximum atomic E-state index is 11.9. The zero-order valence-electron chi connectivity index (χ0n) is 10.7. The van der Waals surface area contributed by atoms with E-state index in [0.29, 0.717) is 5.56 Å². The summed E-state index contributed by atoms with van der Waals surface area (Å²) < 4.78 is 1.51. The summed E-state index contributed by atoms with van der Waals surface area (Å²) >= 11 is 1.57. The average Bonchev–Trinajstić information content (AvgIpc) is 3.21. The number of nitrogens with zero attached hydrogens (tertiary/aromatic N) is 5. The van der Waals surface area contributed by atoms with Crippen molar-refractivity contribution in [3.8, 4) is 5.69 Å². The Bertz CT molecular complexity index is 734. The Balaban J connectivity index is 1.65. The van der Waals surface area contributed by atoms with Gasteiger partial charge >= 0.3 is 0 Å². The van der Waals surface area contributed by atoms with E-state index >= 15 is 0 Å². The highest BCUT2D eigenvalue weighted by atomic mass is 32.1. The second kappa shape index (κ2) is 6.06. The number of carbonyl (C=O) groups excluding carboxylic acids is 1. The van der Waals surface area contributed by atoms with Gasteiger partial charge in [-0.1, -0.05) is 0 Å². The van der Waals surface area contributed by atoms with E-state index in [1.807, 2.05) is 16.8 Å². The molecule has 0 spiro atoms. The molecule has 3 aromatic rings. The highest BCUT2D eigenvalue weighted by molar-refractivity contribution is 7.08. The Kier molecular flexibility index (Phi) is 3.79. The molecular weight excluding hydrogens is 288 g/mol. The van der Waals surface area contributed by atoms with Crippen molar-refractivity contribution in [3.63, 3.8) is 0 Å². The zero-order valence-corrected chi connectivity index (χ0v) is 11.6. The molecule has 0 unspecified atom stereocenters. The van der Waals surface area contributed by atoms with Crippen LogP contribution in [0.15, 0.2) is 52.5 Å². The summed E-state index contributed by atoms with van der Waals surface area (Å²) in [6.45, 7) is 0. The van der Waals surface area contributed by atoms with Gasteiger partial charge in [-0.3, -0.25) is 4.79 Å². The highest BCUT2D eigenvalue weighted by Crippen LogP contribution is 2.07. The molecule has 0 saturated carbocycles. The molecule has 7 nitrogen and oxygen atoms in total. The monoisotopic (exact) mass is 298 g/mol. The average molecular weight is 298 g/mol. The number of carbonyl (C=O) groups is 1. The van der Waals surface area contributed by atoms with Gasteiger partial charge in [0.25, 0.3) is 5.91 Å². The SMILES string of the molecule is O=C(N/N=C/c1ccsc1)c1ccc(-n2cnnn2)cc1. The molecule has 0 aliphatic heterocycles. The molecule has 2 heterocycles. The smallest absolute Gasteiger partial charge is 0.267 e. The van der Waals surface area contributed by atoms with Gasteiger partial charge in [0.1, 0.15) is 6.33 Å². The largest absolute Gasteiger partial charge is 0.271 e. The Morgan fingerprint density at radius 3 is 2.81 bits per heavy atom. The minimum Gasteiger partial charge on any atom is -0.267 e. The van der Waals surface area contributed by atoms with E-state index in [2.05, 4.69) is 26.1 Å². The number of thiophene rings is 1. The van der Waals surface area contributed by atoms with Crippen LogP contribution in [-0.4, -0.2) is 32.3 Å². The lowest BCUT2D eigenvalue weighted by atomic mass is 10.2. The third-order valence-electron chi connectivity index (χ3n) is 2.67. The predicted molar refractivity (Wildman–Crippen MR) is 78.5 cm³/mol. The summed E-state index contributed by atoms with van der Waals surface area (Å²) in [6.07, 6.45) is 3.09. The second-order valence-corrected chi connectivity index (χ2v) is 4.84. The summed E-state index contributed by atoms with van der Waals surface area (Å²) in [7, 11) is 0. The standard InChI is InChI=1S/C13H10N6OS/c20-13(16-14-7-10-5-6-21-8-10)11-1-3-12(4-2-11)19-9-15-17-18-19/h1-9H,(H,16,20)/b14-7+. The van der Waals surface area contributed by atoms with E-state index in [0.717, 1.165) is 11.3 Å². The summed E-state index contributed by atoms with van der Waals surface area (Å²) in [5.41, 5.74) is 4.72. The molecule has 1 N–H and O–H groups in total. The molecule has 0 atom stereocenters. The summed E-state index contributed by atoms with van der Waals surface area (Å²) in [6, 6.07) is 8.81. The number of tetrazole rings is 1. The lowest BCUT2D eigenvalue weighted by Gasteiger charge is -2.02. The van der Waals surface area contributed by atoms with Gasteiger partial charge in [-0.15, -0.1) is 5.10 Å². The number of hydrazone groups is 1. The molecule has 0 fully saturated rings. The van der Waals surface area contributed by atoms with Crippen LogP contribution in [0.3, 0.4) is 0 Å². The van der Waals surface area contributed by atoms with E-state index in [1.165, 1.54) is 11.0 Å². The van der Waals surface area contributed by atoms with Crippen molar-refractivity contribution in [2.45, 2.75) is 0 Å². The van der Waals surface area contributed by atoms with Crippen LogP contribution in [0.4, 0.5) is 0 Å². The van der Waals surface area contributed by atoms with Gasteiger partial charge in [-0.2, -0.15) is 16.4 Å². The van der Waals surface area contributed by atoms with Gasteiger partial charge in [-0.25, -0.2) is 10.1 Å². The van der Waals surface area contributed by atoms with Crippen LogP contribution < -0.4 is 5.43 Å². The normalized spacial score (nSPS) is 10.9. The quantitative estimate of drug-likeness (QED) is 0.584. The molecule has 0 aliphatic rings. The third-order valence-corrected chi connectivity index (χ3v) is 3.37. The molecule has 0 saturated heterocycles. The van der Waals surface area contributed by atoms with Crippen molar-refractivity contribution in [2.75, 3.05) is 0 Å². The number of hydrogen-bond donors (Lipinski definition) is 1. The molecule has 104 valence electrons. The van der Waals surface area contributed by atoms with Crippen molar-refractivity contribution in [1.29, 1.82) is 0 Å². The first kappa shape index (κ1) is 13.1. The number of nitrogens with one attached hydrogen (secondary N) is 1. The van der Waals surface area contributed by atoms with Crippen molar-refractivity contribution in [3.05, 3.63) is 58.5 Å². The Labute approximate surface area is 123 Å². The molecule has 3 rings (SSSR count). The van der Waals surface area contributed by atoms with Gasteiger partial charge in [0.15, 0.2) is 0 Å². The molecule has 0 radical (unpaired) electrons. The van der Waals surface area contributed by atoms with Crippen LogP contribution in [0.2, 0.25) is 0 Å². The maximum Gasteiger partial charge on any atom is 0.271 e. The Hall–Kier alpha value is -2.87. The van der Waals surface area contributed by atoms with Crippen LogP contribution in [0.5, 0.6) is 0 Å². The van der Waals surface area contributed by atoms with E-state index in [9.17, 15) is 4.79 Å². The molecule has 1 amide bonds. The topological polar surface area (TPSA) is 85.1 Å². The lowest BCUT2D eigenvalue weighted by molar-refractivity contribution is 0.0955. The third kappa shape index (κ3) is 3.18. The number of aromatic nitrogens is 4. The summed E-state index contributed by atoms with van der Waals surface area (Å²) in [5.74, 6) is -0.273. The number of benzene rings is 1. The number of amides is 1. The number of rotatable bonds is 4. The van der Waals surface area contributed by atoms with Gasteiger partial charge in [0.05, 0.1) is 11.9 Å². The molecule has 0 aliphatic carbocycles. The molecule has 2 aromatic heterocycles. The minimum atomic E-state index is -0.273. The fraction of sp³-hybridized carbons (Fsp3) is 0. The van der Waals surface area contributed by atoms with Crippen LogP contribution in [0.25, 0.3) is 5.69 Å². The van der Waals surface area contributed by atoms with E-state index in [-0.39, 0.29) is 5.91 Å². The minimum absolute atomic E-state index is 0.273. The van der Waals surface area contributed by atoms with E-state index in [4.69, 9.17) is 0 Å². The fourth-order valence-electron chi connectivity index (χ4n) is 1.62. The predicted octanol–water partition coefficient (Wildman–Crippen LogP) is 1.49. The van der Waals surface area contributed by atoms with Crippen LogP contribution >= 0.6 is 11.3 Å². The van der Waals surface area contributed by atoms with Crippen molar-refractivity contribution >= 4 is 23.5 Å². The van der Waals surface area contributed by atoms with Crippen molar-refractivity contribution in [2.24, 2.45) is 5.10 Å². The van der Waals surface area contributed by atoms with Gasteiger partial charge < -0.3 is 0 Å². The first-order valence-corrected chi connectivity index (χ1v) is 6.96. The first-order valence-electron chi connectivity index (χ1n) is 6.02. The second-order valence-electron chi connectivity index (χ2n) is 4.06. The van der Waals surface area contributed by atoms with Crippen molar-refractivity contribution < 1.29 is 4.79 Å². The van der Waals surface area contributed by atoms with Gasteiger partial charge in [0, 0.05) is 11.1 Å². The summed E-state index contributed by atoms with van der Waals surface area (Å²) in [4.78, 5) is 11.9. The zero-order chi connectivity index (χ0) is 14.5. The van der Waals surface area contributed by atoms with E-state index in [1.54, 1.807) is 41.8 Å². The lowest BCUT2D eigenvalue weighted by Crippen LogP contribution is -2.17. The molecule has 8 heteroatoms. The van der Waals surface area contributed by atoms with Gasteiger partial charge in [-0.05, 0) is 51.5 Å². The van der Waals surface area contributed by atoms with E-state index < -0.39 is 0 Å². The van der Waals surface area contributed by atoms with Crippen LogP contribution in [-0.2, 0) is 0 Å². The Morgan fingerprint density at radius 1 is 1.29 bits per heavy atom. The fourth-order valence-corrected chi connectivity index (χ4v) is 2.23. The van der Waals surface area contributed by atoms with Crippen LogP contribution in [0, 0.1) is 0 Å². The highest BCUT2D eigenvalue weighted by Gasteiger charge is 2.05. The molecular formula is C13H10N6OS. The molecule has 1 aromatic carbocycles. The number of hydrogen-bond acceptors (Lipinski definition) is 6.